The summed E-state index contributed by atoms with van der Waals surface area (Å²) in [5.41, 5.74) is 11.6. The van der Waals surface area contributed by atoms with E-state index in [1.807, 2.05) is 36.4 Å². The first-order chi connectivity index (χ1) is 28.6. The van der Waals surface area contributed by atoms with Crippen LogP contribution in [0.2, 0.25) is 0 Å². The van der Waals surface area contributed by atoms with Crippen LogP contribution >= 0.6 is 23.1 Å². The third-order valence-corrected chi connectivity index (χ3v) is 12.1. The maximum Gasteiger partial charge on any atom is 0.160 e. The highest BCUT2D eigenvalue weighted by Gasteiger charge is 2.22. The van der Waals surface area contributed by atoms with Crippen LogP contribution in [0.3, 0.4) is 0 Å². The highest BCUT2D eigenvalue weighted by Crippen LogP contribution is 2.42. The lowest BCUT2D eigenvalue weighted by molar-refractivity contribution is 0.668. The van der Waals surface area contributed by atoms with Crippen LogP contribution in [-0.4, -0.2) is 24.6 Å². The van der Waals surface area contributed by atoms with E-state index in [2.05, 4.69) is 156 Å². The number of aliphatic imine (C=N–C) groups is 3. The van der Waals surface area contributed by atoms with Gasteiger partial charge in [0.15, 0.2) is 5.84 Å². The molecule has 0 saturated heterocycles. The molecule has 280 valence electrons. The molecule has 0 fully saturated rings. The molecular formula is C50H37N5OS2. The molecule has 3 heterocycles. The predicted molar refractivity (Wildman–Crippen MR) is 248 cm³/mol. The lowest BCUT2D eigenvalue weighted by atomic mass is 10.0. The zero-order valence-corrected chi connectivity index (χ0v) is 33.1. The van der Waals surface area contributed by atoms with Gasteiger partial charge in [-0.25, -0.2) is 9.98 Å². The van der Waals surface area contributed by atoms with Crippen molar-refractivity contribution in [3.05, 3.63) is 203 Å². The van der Waals surface area contributed by atoms with Crippen molar-refractivity contribution >= 4 is 95.5 Å². The molecule has 8 heteroatoms. The average Bonchev–Trinajstić information content (AvgIpc) is 3.84. The van der Waals surface area contributed by atoms with Gasteiger partial charge in [-0.1, -0.05) is 146 Å². The topological polar surface area (TPSA) is 74.6 Å². The Labute approximate surface area is 344 Å². The van der Waals surface area contributed by atoms with E-state index in [1.54, 1.807) is 23.1 Å². The second-order valence-electron chi connectivity index (χ2n) is 13.7. The van der Waals surface area contributed by atoms with E-state index < -0.39 is 0 Å². The van der Waals surface area contributed by atoms with E-state index in [4.69, 9.17) is 14.4 Å². The van der Waals surface area contributed by atoms with Gasteiger partial charge in [-0.15, -0.1) is 11.3 Å². The maximum absolute atomic E-state index is 6.38. The smallest absolute Gasteiger partial charge is 0.160 e. The van der Waals surface area contributed by atoms with Crippen LogP contribution in [-0.2, 0) is 13.0 Å². The Morgan fingerprint density at radius 1 is 0.672 bits per heavy atom. The number of hydrogen-bond donors (Lipinski definition) is 1. The molecule has 0 amide bonds. The largest absolute Gasteiger partial charge is 0.456 e. The standard InChI is InChI=1S/C37H25N5OS2.C13H12/c1-22-35(28-12-8-11-26-25-10-3-5-15-32(25)45-36(26)28)42-37(41-29-13-4-6-16-33(29)44-22)23-17-18-27-31(19-23)43-30-14-7-9-24(34(27)30)20-39-21-40-38-2;1-3-7-12(8-4-1)11-13-9-5-2-6-10-13/h3-19,21H,1-2,20H2,(H,39,40);1-10H,11H2. The molecule has 2 aromatic heterocycles. The number of hydrogen-bond acceptors (Lipinski definition) is 7. The molecule has 10 rings (SSSR count). The van der Waals surface area contributed by atoms with Gasteiger partial charge < -0.3 is 4.42 Å². The predicted octanol–water partition coefficient (Wildman–Crippen LogP) is 13.2. The molecule has 1 N–H and O–H groups in total. The lowest BCUT2D eigenvalue weighted by Gasteiger charge is -2.16. The molecule has 0 radical (unpaired) electrons. The van der Waals surface area contributed by atoms with Crippen molar-refractivity contribution in [2.45, 2.75) is 17.9 Å². The number of thiophene rings is 1. The van der Waals surface area contributed by atoms with Gasteiger partial charge >= 0.3 is 0 Å². The van der Waals surface area contributed by atoms with E-state index in [-0.39, 0.29) is 0 Å². The van der Waals surface area contributed by atoms with Gasteiger partial charge in [0.2, 0.25) is 0 Å². The fraction of sp³-hybridized carbons (Fsp3) is 0.0400. The van der Waals surface area contributed by atoms with Gasteiger partial charge in [0.1, 0.15) is 17.5 Å². The number of nitrogens with one attached hydrogen (secondary N) is 1. The molecule has 0 bridgehead atoms. The Balaban J connectivity index is 0.000000285. The van der Waals surface area contributed by atoms with Gasteiger partial charge in [0.25, 0.3) is 0 Å². The maximum atomic E-state index is 6.38. The molecule has 7 aromatic carbocycles. The van der Waals surface area contributed by atoms with Crippen LogP contribution in [0, 0.1) is 0 Å². The second-order valence-corrected chi connectivity index (χ2v) is 15.9. The molecule has 0 atom stereocenters. The van der Waals surface area contributed by atoms with Crippen LogP contribution in [0.4, 0.5) is 5.69 Å². The van der Waals surface area contributed by atoms with Crippen LogP contribution in [0.1, 0.15) is 27.8 Å². The number of furan rings is 1. The first-order valence-corrected chi connectivity index (χ1v) is 20.5. The Kier molecular flexibility index (Phi) is 10.6. The number of thioether (sulfide) groups is 1. The highest BCUT2D eigenvalue weighted by atomic mass is 32.2. The van der Waals surface area contributed by atoms with E-state index >= 15 is 0 Å². The molecule has 0 aliphatic carbocycles. The average molecular weight is 788 g/mol. The van der Waals surface area contributed by atoms with Crippen molar-refractivity contribution in [2.24, 2.45) is 20.1 Å². The summed E-state index contributed by atoms with van der Waals surface area (Å²) in [6.07, 6.45) is 2.57. The van der Waals surface area contributed by atoms with E-state index in [0.717, 1.165) is 66.2 Å². The third kappa shape index (κ3) is 7.63. The first-order valence-electron chi connectivity index (χ1n) is 18.9. The van der Waals surface area contributed by atoms with E-state index in [1.165, 1.54) is 37.6 Å². The Hall–Kier alpha value is -6.87. The lowest BCUT2D eigenvalue weighted by Crippen LogP contribution is -2.09. The Bertz CT molecular complexity index is 3010. The monoisotopic (exact) mass is 787 g/mol. The molecular weight excluding hydrogens is 751 g/mol. The molecule has 6 nitrogen and oxygen atoms in total. The van der Waals surface area contributed by atoms with Gasteiger partial charge in [-0.3, -0.25) is 10.4 Å². The summed E-state index contributed by atoms with van der Waals surface area (Å²) in [6.45, 7) is 8.42. The van der Waals surface area contributed by atoms with Crippen molar-refractivity contribution in [3.63, 3.8) is 0 Å². The summed E-state index contributed by atoms with van der Waals surface area (Å²) < 4.78 is 8.82. The molecule has 9 aromatic rings. The Morgan fingerprint density at radius 2 is 1.40 bits per heavy atom. The van der Waals surface area contributed by atoms with Gasteiger partial charge in [0, 0.05) is 58.6 Å². The number of para-hydroxylation sites is 1. The molecule has 1 aliphatic rings. The van der Waals surface area contributed by atoms with Crippen LogP contribution in [0.15, 0.2) is 205 Å². The summed E-state index contributed by atoms with van der Waals surface area (Å²) in [4.78, 5) is 16.7. The van der Waals surface area contributed by atoms with Crippen molar-refractivity contribution in [1.82, 2.24) is 5.43 Å². The molecule has 0 saturated carbocycles. The number of rotatable bonds is 8. The number of allylic oxidation sites excluding steroid dienone is 1. The van der Waals surface area contributed by atoms with Crippen LogP contribution in [0.25, 0.3) is 42.1 Å². The zero-order valence-electron chi connectivity index (χ0n) is 31.5. The SMILES string of the molecule is C=NNC=NCc1cccc2oc3cc(C4=Nc5ccccc5SC(=C)C(c5cccc6c5sc5ccccc56)=N4)ccc3c12.c1ccc(Cc2ccccc2)cc1. The quantitative estimate of drug-likeness (QED) is 0.0947. The van der Waals surface area contributed by atoms with Gasteiger partial charge in [0.05, 0.1) is 17.9 Å². The zero-order chi connectivity index (χ0) is 39.3. The molecule has 0 unspecified atom stereocenters. The van der Waals surface area contributed by atoms with Gasteiger partial charge in [-0.05, 0) is 59.5 Å². The molecule has 58 heavy (non-hydrogen) atoms. The Morgan fingerprint density at radius 3 is 2.21 bits per heavy atom. The minimum Gasteiger partial charge on any atom is -0.456 e. The molecule has 1 aliphatic heterocycles. The summed E-state index contributed by atoms with van der Waals surface area (Å²) in [6, 6.07) is 56.4. The second kappa shape index (κ2) is 16.7. The van der Waals surface area contributed by atoms with E-state index in [0.29, 0.717) is 12.4 Å². The number of amidine groups is 1. The minimum absolute atomic E-state index is 0.483. The summed E-state index contributed by atoms with van der Waals surface area (Å²) in [5.74, 6) is 0.604. The summed E-state index contributed by atoms with van der Waals surface area (Å²) in [5, 5.41) is 8.13. The summed E-state index contributed by atoms with van der Waals surface area (Å²) in [7, 11) is 0. The van der Waals surface area contributed by atoms with Crippen molar-refractivity contribution in [3.8, 4) is 0 Å². The number of benzene rings is 7. The van der Waals surface area contributed by atoms with E-state index in [9.17, 15) is 0 Å². The number of nitrogens with zero attached hydrogens (tertiary/aromatic N) is 4. The molecule has 0 spiro atoms. The fourth-order valence-corrected chi connectivity index (χ4v) is 9.32. The number of fused-ring (bicyclic) bond motifs is 7. The number of hydrazone groups is 1. The third-order valence-electron chi connectivity index (χ3n) is 9.90. The first kappa shape index (κ1) is 36.7. The van der Waals surface area contributed by atoms with Crippen molar-refractivity contribution in [1.29, 1.82) is 0 Å². The van der Waals surface area contributed by atoms with Crippen molar-refractivity contribution in [2.75, 3.05) is 0 Å². The highest BCUT2D eigenvalue weighted by molar-refractivity contribution is 8.04. The van der Waals surface area contributed by atoms with Crippen molar-refractivity contribution < 1.29 is 4.42 Å². The van der Waals surface area contributed by atoms with Crippen LogP contribution in [0.5, 0.6) is 0 Å². The fourth-order valence-electron chi connectivity index (χ4n) is 7.22. The summed E-state index contributed by atoms with van der Waals surface area (Å²) >= 11 is 3.39. The normalized spacial score (nSPS) is 12.8. The van der Waals surface area contributed by atoms with Gasteiger partial charge in [-0.2, -0.15) is 5.10 Å². The van der Waals surface area contributed by atoms with Crippen LogP contribution < -0.4 is 5.43 Å². The minimum atomic E-state index is 0.483.